The largest absolute Gasteiger partial charge is 0.300 e. The van der Waals surface area contributed by atoms with E-state index in [2.05, 4.69) is 17.3 Å². The molecule has 1 aromatic carbocycles. The smallest absolute Gasteiger partial charge is 0.0991 e. The van der Waals surface area contributed by atoms with Crippen molar-refractivity contribution in [2.45, 2.75) is 13.0 Å². The van der Waals surface area contributed by atoms with Crippen LogP contribution in [0.1, 0.15) is 24.1 Å². The molecule has 1 N–H and O–H groups in total. The van der Waals surface area contributed by atoms with Crippen LogP contribution >= 0.6 is 0 Å². The monoisotopic (exact) mass is 184 g/mol. The fourth-order valence-electron chi connectivity index (χ4n) is 1.18. The van der Waals surface area contributed by atoms with Crippen LogP contribution in [0, 0.1) is 23.7 Å². The van der Waals surface area contributed by atoms with Crippen LogP contribution in [0.15, 0.2) is 24.3 Å². The maximum atomic E-state index is 8.62. The van der Waals surface area contributed by atoms with Gasteiger partial charge in [-0.05, 0) is 24.6 Å². The van der Waals surface area contributed by atoms with Crippen LogP contribution in [0.5, 0.6) is 0 Å². The fraction of sp³-hybridized carbons (Fsp3) is 0.250. The summed E-state index contributed by atoms with van der Waals surface area (Å²) in [6.07, 6.45) is 5.14. The van der Waals surface area contributed by atoms with E-state index in [0.29, 0.717) is 12.1 Å². The van der Waals surface area contributed by atoms with E-state index in [9.17, 15) is 0 Å². The van der Waals surface area contributed by atoms with Crippen LogP contribution in [-0.4, -0.2) is 6.54 Å². The average molecular weight is 184 g/mol. The van der Waals surface area contributed by atoms with E-state index in [0.717, 1.165) is 5.56 Å². The van der Waals surface area contributed by atoms with E-state index in [-0.39, 0.29) is 6.04 Å². The first-order valence-corrected chi connectivity index (χ1v) is 4.45. The standard InChI is InChI=1S/C12H12N2/c1-3-8-14-10(2)12-6-4-11(9-13)5-7-12/h1,4-7,10,14H,8H2,2H3. The zero-order valence-corrected chi connectivity index (χ0v) is 8.12. The minimum Gasteiger partial charge on any atom is -0.300 e. The van der Waals surface area contributed by atoms with Crippen molar-refractivity contribution in [3.63, 3.8) is 0 Å². The van der Waals surface area contributed by atoms with Gasteiger partial charge in [0.1, 0.15) is 0 Å². The van der Waals surface area contributed by atoms with Crippen LogP contribution in [-0.2, 0) is 0 Å². The number of nitriles is 1. The maximum Gasteiger partial charge on any atom is 0.0991 e. The van der Waals surface area contributed by atoms with Crippen molar-refractivity contribution >= 4 is 0 Å². The van der Waals surface area contributed by atoms with Gasteiger partial charge in [-0.3, -0.25) is 5.32 Å². The van der Waals surface area contributed by atoms with Gasteiger partial charge in [0.15, 0.2) is 0 Å². The van der Waals surface area contributed by atoms with Crippen molar-refractivity contribution in [2.24, 2.45) is 0 Å². The number of terminal acetylenes is 1. The molecule has 0 fully saturated rings. The minimum atomic E-state index is 0.221. The Bertz CT molecular complexity index is 365. The van der Waals surface area contributed by atoms with Gasteiger partial charge in [0.05, 0.1) is 18.2 Å². The minimum absolute atomic E-state index is 0.221. The molecule has 1 atom stereocenters. The van der Waals surface area contributed by atoms with Gasteiger partial charge in [-0.15, -0.1) is 6.42 Å². The average Bonchev–Trinajstić information content (AvgIpc) is 2.26. The number of rotatable bonds is 3. The number of nitrogens with one attached hydrogen (secondary N) is 1. The molecule has 2 heteroatoms. The molecule has 0 spiro atoms. The Morgan fingerprint density at radius 2 is 2.07 bits per heavy atom. The molecule has 0 bridgehead atoms. The van der Waals surface area contributed by atoms with E-state index in [1.165, 1.54) is 0 Å². The molecule has 0 aliphatic rings. The first kappa shape index (κ1) is 10.3. The molecule has 0 saturated heterocycles. The Morgan fingerprint density at radius 1 is 1.43 bits per heavy atom. The van der Waals surface area contributed by atoms with Crippen LogP contribution < -0.4 is 5.32 Å². The molecule has 1 unspecified atom stereocenters. The Kier molecular flexibility index (Phi) is 3.73. The van der Waals surface area contributed by atoms with Gasteiger partial charge in [-0.1, -0.05) is 18.1 Å². The van der Waals surface area contributed by atoms with E-state index < -0.39 is 0 Å². The molecular weight excluding hydrogens is 172 g/mol. The van der Waals surface area contributed by atoms with Crippen molar-refractivity contribution in [2.75, 3.05) is 6.54 Å². The number of hydrogen-bond acceptors (Lipinski definition) is 2. The number of nitrogens with zero attached hydrogens (tertiary/aromatic N) is 1. The molecule has 0 aliphatic heterocycles. The maximum absolute atomic E-state index is 8.62. The molecule has 0 aromatic heterocycles. The third kappa shape index (κ3) is 2.62. The molecule has 1 aromatic rings. The highest BCUT2D eigenvalue weighted by atomic mass is 14.9. The zero-order chi connectivity index (χ0) is 10.4. The van der Waals surface area contributed by atoms with Gasteiger partial charge in [0.25, 0.3) is 0 Å². The van der Waals surface area contributed by atoms with E-state index in [1.807, 2.05) is 31.2 Å². The molecule has 0 aliphatic carbocycles. The van der Waals surface area contributed by atoms with Gasteiger partial charge < -0.3 is 0 Å². The number of hydrogen-bond donors (Lipinski definition) is 1. The topological polar surface area (TPSA) is 35.8 Å². The highest BCUT2D eigenvalue weighted by molar-refractivity contribution is 5.32. The summed E-state index contributed by atoms with van der Waals surface area (Å²) in [6, 6.07) is 9.80. The number of benzene rings is 1. The van der Waals surface area contributed by atoms with E-state index in [1.54, 1.807) is 0 Å². The highest BCUT2D eigenvalue weighted by Gasteiger charge is 2.02. The Balaban J connectivity index is 2.68. The summed E-state index contributed by atoms with van der Waals surface area (Å²) in [7, 11) is 0. The lowest BCUT2D eigenvalue weighted by Crippen LogP contribution is -2.18. The van der Waals surface area contributed by atoms with E-state index >= 15 is 0 Å². The molecule has 0 saturated carbocycles. The summed E-state index contributed by atoms with van der Waals surface area (Å²) >= 11 is 0. The third-order valence-electron chi connectivity index (χ3n) is 2.05. The van der Waals surface area contributed by atoms with Crippen molar-refractivity contribution in [3.05, 3.63) is 35.4 Å². The normalized spacial score (nSPS) is 11.4. The summed E-state index contributed by atoms with van der Waals surface area (Å²) in [5.74, 6) is 2.53. The Hall–Kier alpha value is -1.77. The molecule has 70 valence electrons. The van der Waals surface area contributed by atoms with Gasteiger partial charge >= 0.3 is 0 Å². The van der Waals surface area contributed by atoms with Crippen molar-refractivity contribution in [1.82, 2.24) is 5.32 Å². The molecule has 0 amide bonds. The first-order valence-electron chi connectivity index (χ1n) is 4.45. The van der Waals surface area contributed by atoms with Crippen molar-refractivity contribution in [3.8, 4) is 18.4 Å². The van der Waals surface area contributed by atoms with Gasteiger partial charge in [-0.2, -0.15) is 5.26 Å². The second kappa shape index (κ2) is 5.07. The van der Waals surface area contributed by atoms with Crippen LogP contribution in [0.25, 0.3) is 0 Å². The third-order valence-corrected chi connectivity index (χ3v) is 2.05. The van der Waals surface area contributed by atoms with Crippen LogP contribution in [0.3, 0.4) is 0 Å². The molecule has 0 radical (unpaired) electrons. The summed E-state index contributed by atoms with van der Waals surface area (Å²) < 4.78 is 0. The predicted molar refractivity (Wildman–Crippen MR) is 56.4 cm³/mol. The molecule has 14 heavy (non-hydrogen) atoms. The van der Waals surface area contributed by atoms with Crippen molar-refractivity contribution < 1.29 is 0 Å². The zero-order valence-electron chi connectivity index (χ0n) is 8.12. The predicted octanol–water partition coefficient (Wildman–Crippen LogP) is 1.84. The highest BCUT2D eigenvalue weighted by Crippen LogP contribution is 2.12. The van der Waals surface area contributed by atoms with Crippen LogP contribution in [0.2, 0.25) is 0 Å². The Labute approximate surface area is 84.6 Å². The molecular formula is C12H12N2. The molecule has 2 nitrogen and oxygen atoms in total. The molecule has 0 heterocycles. The summed E-state index contributed by atoms with van der Waals surface area (Å²) in [5, 5.41) is 11.8. The summed E-state index contributed by atoms with van der Waals surface area (Å²) in [4.78, 5) is 0. The van der Waals surface area contributed by atoms with Gasteiger partial charge in [0, 0.05) is 6.04 Å². The quantitative estimate of drug-likeness (QED) is 0.727. The van der Waals surface area contributed by atoms with Crippen LogP contribution in [0.4, 0.5) is 0 Å². The Morgan fingerprint density at radius 3 is 2.57 bits per heavy atom. The lowest BCUT2D eigenvalue weighted by Gasteiger charge is -2.11. The molecule has 1 rings (SSSR count). The lowest BCUT2D eigenvalue weighted by atomic mass is 10.1. The van der Waals surface area contributed by atoms with E-state index in [4.69, 9.17) is 11.7 Å². The summed E-state index contributed by atoms with van der Waals surface area (Å²) in [5.41, 5.74) is 1.82. The second-order valence-corrected chi connectivity index (χ2v) is 3.04. The second-order valence-electron chi connectivity index (χ2n) is 3.04. The van der Waals surface area contributed by atoms with Crippen molar-refractivity contribution in [1.29, 1.82) is 5.26 Å². The first-order chi connectivity index (χ1) is 6.77. The fourth-order valence-corrected chi connectivity index (χ4v) is 1.18. The van der Waals surface area contributed by atoms with Gasteiger partial charge in [-0.25, -0.2) is 0 Å². The summed E-state index contributed by atoms with van der Waals surface area (Å²) in [6.45, 7) is 2.60. The lowest BCUT2D eigenvalue weighted by molar-refractivity contribution is 0.623. The van der Waals surface area contributed by atoms with Gasteiger partial charge in [0.2, 0.25) is 0 Å². The SMILES string of the molecule is C#CCNC(C)c1ccc(C#N)cc1.